The Balaban J connectivity index is 2.24. The molecule has 3 aromatic rings. The van der Waals surface area contributed by atoms with Crippen molar-refractivity contribution in [3.8, 4) is 0 Å². The SMILES string of the molecule is CCc1ccsc1C(=O)c1c(C)ccc2ccccc12. The van der Waals surface area contributed by atoms with Crippen LogP contribution < -0.4 is 0 Å². The van der Waals surface area contributed by atoms with E-state index in [2.05, 4.69) is 25.1 Å². The summed E-state index contributed by atoms with van der Waals surface area (Å²) in [5.74, 6) is 0.158. The Morgan fingerprint density at radius 3 is 2.70 bits per heavy atom. The first-order valence-electron chi connectivity index (χ1n) is 6.81. The third kappa shape index (κ3) is 2.06. The van der Waals surface area contributed by atoms with Gasteiger partial charge in [-0.2, -0.15) is 0 Å². The number of carbonyl (C=O) groups excluding carboxylic acids is 1. The lowest BCUT2D eigenvalue weighted by atomic mass is 9.95. The van der Waals surface area contributed by atoms with Crippen molar-refractivity contribution in [1.29, 1.82) is 0 Å². The maximum absolute atomic E-state index is 12.9. The second kappa shape index (κ2) is 5.22. The standard InChI is InChI=1S/C18H16OS/c1-3-13-10-11-20-18(13)17(19)16-12(2)8-9-14-6-4-5-7-15(14)16/h4-11H,3H2,1-2H3. The van der Waals surface area contributed by atoms with Crippen LogP contribution in [-0.4, -0.2) is 5.78 Å². The lowest BCUT2D eigenvalue weighted by molar-refractivity contribution is 0.104. The third-order valence-corrected chi connectivity index (χ3v) is 4.65. The highest BCUT2D eigenvalue weighted by Crippen LogP contribution is 2.28. The summed E-state index contributed by atoms with van der Waals surface area (Å²) < 4.78 is 0. The molecule has 0 saturated carbocycles. The predicted molar refractivity (Wildman–Crippen MR) is 85.8 cm³/mol. The molecule has 0 amide bonds. The number of thiophene rings is 1. The highest BCUT2D eigenvalue weighted by molar-refractivity contribution is 7.12. The molecule has 100 valence electrons. The maximum Gasteiger partial charge on any atom is 0.204 e. The van der Waals surface area contributed by atoms with Crippen LogP contribution in [0.1, 0.15) is 33.3 Å². The zero-order valence-corrected chi connectivity index (χ0v) is 12.5. The molecule has 1 heterocycles. The molecule has 0 unspecified atom stereocenters. The molecule has 1 nitrogen and oxygen atoms in total. The maximum atomic E-state index is 12.9. The molecule has 0 bridgehead atoms. The Labute approximate surface area is 122 Å². The van der Waals surface area contributed by atoms with Crippen molar-refractivity contribution in [2.45, 2.75) is 20.3 Å². The molecule has 0 aliphatic rings. The molecule has 0 atom stereocenters. The van der Waals surface area contributed by atoms with E-state index in [4.69, 9.17) is 0 Å². The zero-order chi connectivity index (χ0) is 14.1. The van der Waals surface area contributed by atoms with Crippen molar-refractivity contribution < 1.29 is 4.79 Å². The molecule has 0 saturated heterocycles. The minimum atomic E-state index is 0.158. The van der Waals surface area contributed by atoms with Crippen LogP contribution >= 0.6 is 11.3 Å². The van der Waals surface area contributed by atoms with Crippen LogP contribution in [0, 0.1) is 6.92 Å². The first-order valence-corrected chi connectivity index (χ1v) is 7.69. The fourth-order valence-corrected chi connectivity index (χ4v) is 3.55. The normalized spacial score (nSPS) is 10.9. The van der Waals surface area contributed by atoms with Gasteiger partial charge in [-0.25, -0.2) is 0 Å². The van der Waals surface area contributed by atoms with Crippen molar-refractivity contribution in [3.05, 3.63) is 69.4 Å². The molecule has 2 heteroatoms. The molecule has 0 N–H and O–H groups in total. The van der Waals surface area contributed by atoms with Gasteiger partial charge in [0, 0.05) is 5.56 Å². The summed E-state index contributed by atoms with van der Waals surface area (Å²) in [5, 5.41) is 4.18. The van der Waals surface area contributed by atoms with Gasteiger partial charge in [-0.3, -0.25) is 4.79 Å². The summed E-state index contributed by atoms with van der Waals surface area (Å²) in [5.41, 5.74) is 3.04. The van der Waals surface area contributed by atoms with Crippen LogP contribution in [0.4, 0.5) is 0 Å². The molecule has 0 fully saturated rings. The van der Waals surface area contributed by atoms with Crippen molar-refractivity contribution in [1.82, 2.24) is 0 Å². The lowest BCUT2D eigenvalue weighted by Gasteiger charge is -2.09. The van der Waals surface area contributed by atoms with Gasteiger partial charge in [0.15, 0.2) is 0 Å². The minimum Gasteiger partial charge on any atom is -0.288 e. The fraction of sp³-hybridized carbons (Fsp3) is 0.167. The van der Waals surface area contributed by atoms with Crippen molar-refractivity contribution in [2.24, 2.45) is 0 Å². The van der Waals surface area contributed by atoms with Crippen LogP contribution in [-0.2, 0) is 6.42 Å². The summed E-state index contributed by atoms with van der Waals surface area (Å²) in [7, 11) is 0. The van der Waals surface area contributed by atoms with Gasteiger partial charge in [-0.15, -0.1) is 11.3 Å². The highest BCUT2D eigenvalue weighted by Gasteiger charge is 2.18. The van der Waals surface area contributed by atoms with Gasteiger partial charge in [-0.05, 0) is 46.7 Å². The molecular formula is C18H16OS. The molecule has 0 aliphatic heterocycles. The number of benzene rings is 2. The van der Waals surface area contributed by atoms with E-state index in [1.165, 1.54) is 0 Å². The average Bonchev–Trinajstić information content (AvgIpc) is 2.95. The Kier molecular flexibility index (Phi) is 3.41. The summed E-state index contributed by atoms with van der Waals surface area (Å²) >= 11 is 1.54. The first kappa shape index (κ1) is 13.1. The third-order valence-electron chi connectivity index (χ3n) is 3.70. The van der Waals surface area contributed by atoms with E-state index >= 15 is 0 Å². The minimum absolute atomic E-state index is 0.158. The van der Waals surface area contributed by atoms with E-state index in [9.17, 15) is 4.79 Å². The summed E-state index contributed by atoms with van der Waals surface area (Å²) in [6.07, 6.45) is 0.897. The van der Waals surface area contributed by atoms with Gasteiger partial charge < -0.3 is 0 Å². The molecule has 0 spiro atoms. The molecule has 3 rings (SSSR count). The quantitative estimate of drug-likeness (QED) is 0.617. The van der Waals surface area contributed by atoms with E-state index in [1.54, 1.807) is 11.3 Å². The van der Waals surface area contributed by atoms with E-state index in [0.717, 1.165) is 38.8 Å². The molecular weight excluding hydrogens is 264 g/mol. The summed E-state index contributed by atoms with van der Waals surface area (Å²) in [6.45, 7) is 4.10. The monoisotopic (exact) mass is 280 g/mol. The molecule has 20 heavy (non-hydrogen) atoms. The van der Waals surface area contributed by atoms with E-state index in [-0.39, 0.29) is 5.78 Å². The van der Waals surface area contributed by atoms with Crippen LogP contribution in [0.2, 0.25) is 0 Å². The van der Waals surface area contributed by atoms with E-state index in [0.29, 0.717) is 0 Å². The van der Waals surface area contributed by atoms with E-state index in [1.807, 2.05) is 36.6 Å². The largest absolute Gasteiger partial charge is 0.288 e. The smallest absolute Gasteiger partial charge is 0.204 e. The Bertz CT molecular complexity index is 783. The molecule has 1 aromatic heterocycles. The Morgan fingerprint density at radius 2 is 1.90 bits per heavy atom. The predicted octanol–water partition coefficient (Wildman–Crippen LogP) is 5.00. The topological polar surface area (TPSA) is 17.1 Å². The van der Waals surface area contributed by atoms with Crippen molar-refractivity contribution >= 4 is 27.9 Å². The van der Waals surface area contributed by atoms with Crippen LogP contribution in [0.25, 0.3) is 10.8 Å². The van der Waals surface area contributed by atoms with Crippen LogP contribution in [0.15, 0.2) is 47.8 Å². The summed E-state index contributed by atoms with van der Waals surface area (Å²) in [6, 6.07) is 14.3. The zero-order valence-electron chi connectivity index (χ0n) is 11.6. The number of fused-ring (bicyclic) bond motifs is 1. The molecule has 0 radical (unpaired) electrons. The van der Waals surface area contributed by atoms with Crippen molar-refractivity contribution in [2.75, 3.05) is 0 Å². The number of hydrogen-bond donors (Lipinski definition) is 0. The number of ketones is 1. The van der Waals surface area contributed by atoms with Crippen LogP contribution in [0.5, 0.6) is 0 Å². The van der Waals surface area contributed by atoms with Gasteiger partial charge in [0.25, 0.3) is 0 Å². The van der Waals surface area contributed by atoms with E-state index < -0.39 is 0 Å². The average molecular weight is 280 g/mol. The van der Waals surface area contributed by atoms with Gasteiger partial charge >= 0.3 is 0 Å². The lowest BCUT2D eigenvalue weighted by Crippen LogP contribution is -2.05. The Morgan fingerprint density at radius 1 is 1.10 bits per heavy atom. The second-order valence-electron chi connectivity index (χ2n) is 4.94. The Hall–Kier alpha value is -1.93. The first-order chi connectivity index (χ1) is 9.72. The van der Waals surface area contributed by atoms with Crippen molar-refractivity contribution in [3.63, 3.8) is 0 Å². The van der Waals surface area contributed by atoms with Gasteiger partial charge in [0.2, 0.25) is 5.78 Å². The molecule has 0 aliphatic carbocycles. The number of rotatable bonds is 3. The summed E-state index contributed by atoms with van der Waals surface area (Å²) in [4.78, 5) is 13.8. The number of carbonyl (C=O) groups is 1. The molecule has 2 aromatic carbocycles. The highest BCUT2D eigenvalue weighted by atomic mass is 32.1. The van der Waals surface area contributed by atoms with Gasteiger partial charge in [0.1, 0.15) is 0 Å². The van der Waals surface area contributed by atoms with Gasteiger partial charge in [0.05, 0.1) is 4.88 Å². The van der Waals surface area contributed by atoms with Crippen LogP contribution in [0.3, 0.4) is 0 Å². The number of aryl methyl sites for hydroxylation is 2. The fourth-order valence-electron chi connectivity index (χ4n) is 2.61. The number of hydrogen-bond acceptors (Lipinski definition) is 2. The second-order valence-corrected chi connectivity index (χ2v) is 5.85. The van der Waals surface area contributed by atoms with Gasteiger partial charge in [-0.1, -0.05) is 43.3 Å².